The SMILES string of the molecule is CCCc1cc(-c2ccccc2)cc(N2CC[N+](CC)(c3ccccc3)CC2)c1OC.Cl. The number of halogens is 1. The van der Waals surface area contributed by atoms with Gasteiger partial charge < -0.3 is 9.64 Å². The molecular weight excluding hydrogens is 416 g/mol. The Morgan fingerprint density at radius 1 is 0.844 bits per heavy atom. The van der Waals surface area contributed by atoms with Crippen molar-refractivity contribution in [2.45, 2.75) is 26.7 Å². The molecule has 0 spiro atoms. The number of ether oxygens (including phenoxy) is 1. The van der Waals surface area contributed by atoms with Gasteiger partial charge >= 0.3 is 0 Å². The van der Waals surface area contributed by atoms with Gasteiger partial charge in [0.25, 0.3) is 0 Å². The zero-order valence-electron chi connectivity index (χ0n) is 19.6. The van der Waals surface area contributed by atoms with Crippen molar-refractivity contribution in [3.8, 4) is 16.9 Å². The summed E-state index contributed by atoms with van der Waals surface area (Å²) in [4.78, 5) is 2.54. The van der Waals surface area contributed by atoms with E-state index in [4.69, 9.17) is 4.74 Å². The molecule has 0 unspecified atom stereocenters. The molecule has 3 aromatic rings. The molecule has 0 bridgehead atoms. The number of benzene rings is 3. The van der Waals surface area contributed by atoms with Gasteiger partial charge in [-0.3, -0.25) is 4.48 Å². The lowest BCUT2D eigenvalue weighted by Crippen LogP contribution is -2.60. The Bertz CT molecular complexity index is 983. The Kier molecular flexibility index (Phi) is 8.22. The normalized spacial score (nSPS) is 15.2. The molecule has 0 atom stereocenters. The highest BCUT2D eigenvalue weighted by Gasteiger charge is 2.34. The highest BCUT2D eigenvalue weighted by atomic mass is 35.5. The average Bonchev–Trinajstić information content (AvgIpc) is 2.85. The van der Waals surface area contributed by atoms with Crippen molar-refractivity contribution in [2.75, 3.05) is 44.7 Å². The van der Waals surface area contributed by atoms with Crippen LogP contribution < -0.4 is 14.1 Å². The number of likely N-dealkylation sites (N-methyl/N-ethyl adjacent to an activating group) is 1. The molecule has 1 heterocycles. The Labute approximate surface area is 199 Å². The Morgan fingerprint density at radius 2 is 1.47 bits per heavy atom. The third kappa shape index (κ3) is 4.79. The van der Waals surface area contributed by atoms with Gasteiger partial charge in [-0.1, -0.05) is 61.9 Å². The number of methoxy groups -OCH3 is 1. The third-order valence-corrected chi connectivity index (χ3v) is 6.82. The lowest BCUT2D eigenvalue weighted by molar-refractivity contribution is 0.268. The van der Waals surface area contributed by atoms with Crippen LogP contribution in [0.25, 0.3) is 11.1 Å². The first-order valence-corrected chi connectivity index (χ1v) is 11.6. The van der Waals surface area contributed by atoms with Crippen LogP contribution in [0.4, 0.5) is 11.4 Å². The lowest BCUT2D eigenvalue weighted by Gasteiger charge is -2.45. The number of anilines is 1. The van der Waals surface area contributed by atoms with Crippen molar-refractivity contribution in [1.82, 2.24) is 4.48 Å². The van der Waals surface area contributed by atoms with Crippen LogP contribution in [0.2, 0.25) is 0 Å². The monoisotopic (exact) mass is 451 g/mol. The van der Waals surface area contributed by atoms with E-state index in [0.717, 1.165) is 55.8 Å². The Morgan fingerprint density at radius 3 is 2.03 bits per heavy atom. The maximum absolute atomic E-state index is 5.99. The van der Waals surface area contributed by atoms with Gasteiger partial charge in [0.15, 0.2) is 0 Å². The predicted octanol–water partition coefficient (Wildman–Crippen LogP) is 6.58. The number of nitrogens with zero attached hydrogens (tertiary/aromatic N) is 2. The highest BCUT2D eigenvalue weighted by Crippen LogP contribution is 2.39. The summed E-state index contributed by atoms with van der Waals surface area (Å²) < 4.78 is 7.04. The fraction of sp³-hybridized carbons (Fsp3) is 0.357. The molecule has 1 saturated heterocycles. The van der Waals surface area contributed by atoms with E-state index in [1.165, 1.54) is 28.1 Å². The summed E-state index contributed by atoms with van der Waals surface area (Å²) >= 11 is 0. The van der Waals surface area contributed by atoms with Crippen molar-refractivity contribution < 1.29 is 4.74 Å². The highest BCUT2D eigenvalue weighted by molar-refractivity contribution is 5.85. The summed E-state index contributed by atoms with van der Waals surface area (Å²) in [6.07, 6.45) is 2.14. The van der Waals surface area contributed by atoms with Crippen LogP contribution in [0, 0.1) is 0 Å². The molecule has 32 heavy (non-hydrogen) atoms. The van der Waals surface area contributed by atoms with Crippen LogP contribution in [0.1, 0.15) is 25.8 Å². The van der Waals surface area contributed by atoms with Crippen molar-refractivity contribution in [3.05, 3.63) is 78.4 Å². The standard InChI is InChI=1S/C28H35N2O.ClH/c1-4-12-24-21-25(23-13-8-6-9-14-23)22-27(28(24)31-3)29-17-19-30(5-2,20-18-29)26-15-10-7-11-16-26;/h6-11,13-16,21-22H,4-5,12,17-20H2,1-3H3;1H/q+1;. The minimum atomic E-state index is 0. The first-order chi connectivity index (χ1) is 15.2. The lowest BCUT2D eigenvalue weighted by atomic mass is 9.98. The van der Waals surface area contributed by atoms with Crippen LogP contribution in [0.15, 0.2) is 72.8 Å². The molecule has 0 saturated carbocycles. The number of quaternary nitrogens is 1. The van der Waals surface area contributed by atoms with Gasteiger partial charge in [0.05, 0.1) is 32.4 Å². The van der Waals surface area contributed by atoms with Gasteiger partial charge in [-0.05, 0) is 54.3 Å². The summed E-state index contributed by atoms with van der Waals surface area (Å²) in [5.74, 6) is 1.05. The number of aryl methyl sites for hydroxylation is 1. The molecule has 0 radical (unpaired) electrons. The van der Waals surface area contributed by atoms with Crippen LogP contribution >= 0.6 is 12.4 Å². The molecule has 3 nitrogen and oxygen atoms in total. The first-order valence-electron chi connectivity index (χ1n) is 11.6. The van der Waals surface area contributed by atoms with E-state index >= 15 is 0 Å². The zero-order chi connectivity index (χ0) is 21.7. The van der Waals surface area contributed by atoms with Gasteiger partial charge in [-0.25, -0.2) is 0 Å². The second kappa shape index (κ2) is 10.9. The van der Waals surface area contributed by atoms with Crippen LogP contribution in [0.3, 0.4) is 0 Å². The maximum Gasteiger partial charge on any atom is 0.145 e. The number of hydrogen-bond donors (Lipinski definition) is 0. The number of para-hydroxylation sites is 1. The van der Waals surface area contributed by atoms with Gasteiger partial charge in [0.1, 0.15) is 24.5 Å². The van der Waals surface area contributed by atoms with E-state index in [2.05, 4.69) is 91.5 Å². The maximum atomic E-state index is 5.99. The number of hydrogen-bond acceptors (Lipinski definition) is 2. The molecule has 1 aliphatic heterocycles. The summed E-state index contributed by atoms with van der Waals surface area (Å²) in [6.45, 7) is 9.97. The Hall–Kier alpha value is -2.49. The molecule has 4 heteroatoms. The van der Waals surface area contributed by atoms with Gasteiger partial charge in [0.2, 0.25) is 0 Å². The molecule has 0 N–H and O–H groups in total. The van der Waals surface area contributed by atoms with Crippen molar-refractivity contribution in [2.24, 2.45) is 0 Å². The molecule has 1 aliphatic rings. The summed E-state index contributed by atoms with van der Waals surface area (Å²) in [5, 5.41) is 0. The summed E-state index contributed by atoms with van der Waals surface area (Å²) in [6, 6.07) is 26.4. The minimum absolute atomic E-state index is 0. The van der Waals surface area contributed by atoms with E-state index in [-0.39, 0.29) is 12.4 Å². The largest absolute Gasteiger partial charge is 0.494 e. The van der Waals surface area contributed by atoms with E-state index in [9.17, 15) is 0 Å². The van der Waals surface area contributed by atoms with Gasteiger partial charge in [-0.2, -0.15) is 0 Å². The average molecular weight is 452 g/mol. The van der Waals surface area contributed by atoms with E-state index < -0.39 is 0 Å². The molecule has 3 aromatic carbocycles. The van der Waals surface area contributed by atoms with Crippen molar-refractivity contribution in [1.29, 1.82) is 0 Å². The van der Waals surface area contributed by atoms with E-state index in [1.54, 1.807) is 0 Å². The molecule has 170 valence electrons. The fourth-order valence-electron chi connectivity index (χ4n) is 4.99. The summed E-state index contributed by atoms with van der Waals surface area (Å²) in [7, 11) is 1.82. The quantitative estimate of drug-likeness (QED) is 0.376. The van der Waals surface area contributed by atoms with E-state index in [1.807, 2.05) is 7.11 Å². The van der Waals surface area contributed by atoms with E-state index in [0.29, 0.717) is 0 Å². The second-order valence-corrected chi connectivity index (χ2v) is 8.53. The first kappa shape index (κ1) is 24.2. The second-order valence-electron chi connectivity index (χ2n) is 8.53. The van der Waals surface area contributed by atoms with Crippen LogP contribution in [0.5, 0.6) is 5.75 Å². The summed E-state index contributed by atoms with van der Waals surface area (Å²) in [5.41, 5.74) is 6.54. The molecule has 0 aliphatic carbocycles. The molecule has 0 aromatic heterocycles. The van der Waals surface area contributed by atoms with Crippen molar-refractivity contribution in [3.63, 3.8) is 0 Å². The molecular formula is C28H36ClN2O+. The van der Waals surface area contributed by atoms with Gasteiger partial charge in [-0.15, -0.1) is 12.4 Å². The minimum Gasteiger partial charge on any atom is -0.494 e. The fourth-order valence-corrected chi connectivity index (χ4v) is 4.99. The number of piperazine rings is 1. The predicted molar refractivity (Wildman–Crippen MR) is 140 cm³/mol. The third-order valence-electron chi connectivity index (χ3n) is 6.82. The van der Waals surface area contributed by atoms with Gasteiger partial charge in [0, 0.05) is 0 Å². The van der Waals surface area contributed by atoms with Crippen molar-refractivity contribution >= 4 is 23.8 Å². The molecule has 1 fully saturated rings. The molecule has 0 amide bonds. The Balaban J connectivity index is 0.00000289. The van der Waals surface area contributed by atoms with Crippen LogP contribution in [-0.4, -0.2) is 39.8 Å². The molecule has 4 rings (SSSR count). The zero-order valence-corrected chi connectivity index (χ0v) is 20.4. The van der Waals surface area contributed by atoms with Crippen LogP contribution in [-0.2, 0) is 6.42 Å². The topological polar surface area (TPSA) is 12.5 Å². The smallest absolute Gasteiger partial charge is 0.145 e. The number of rotatable bonds is 7.